The Morgan fingerprint density at radius 2 is 2.00 bits per heavy atom. The molecule has 1 aromatic carbocycles. The van der Waals surface area contributed by atoms with Crippen LogP contribution in [0.15, 0.2) is 18.2 Å². The molecule has 0 saturated carbocycles. The number of nitrogens with zero attached hydrogens (tertiary/aromatic N) is 2. The first-order valence-corrected chi connectivity index (χ1v) is 7.85. The van der Waals surface area contributed by atoms with Gasteiger partial charge in [0.25, 0.3) is 0 Å². The number of hydrogen-bond acceptors (Lipinski definition) is 4. The van der Waals surface area contributed by atoms with E-state index < -0.39 is 0 Å². The van der Waals surface area contributed by atoms with Gasteiger partial charge in [-0.3, -0.25) is 9.59 Å². The first-order chi connectivity index (χ1) is 11.1. The molecule has 1 unspecified atom stereocenters. The van der Waals surface area contributed by atoms with E-state index in [-0.39, 0.29) is 55.0 Å². The fourth-order valence-electron chi connectivity index (χ4n) is 3.18. The summed E-state index contributed by atoms with van der Waals surface area (Å²) in [7, 11) is 0. The number of ether oxygens (including phenoxy) is 1. The molecule has 25 heavy (non-hydrogen) atoms. The number of carbonyl (C=O) groups is 2. The minimum atomic E-state index is -0.250. The van der Waals surface area contributed by atoms with E-state index in [2.05, 4.69) is 11.4 Å². The van der Waals surface area contributed by atoms with E-state index in [4.69, 9.17) is 10.00 Å². The van der Waals surface area contributed by atoms with Crippen molar-refractivity contribution < 1.29 is 14.3 Å². The van der Waals surface area contributed by atoms with Gasteiger partial charge in [-0.2, -0.15) is 5.26 Å². The lowest BCUT2D eigenvalue weighted by Crippen LogP contribution is -2.44. The normalized spacial score (nSPS) is 20.1. The van der Waals surface area contributed by atoms with Crippen LogP contribution < -0.4 is 10.2 Å². The molecule has 1 saturated heterocycles. The van der Waals surface area contributed by atoms with Crippen LogP contribution >= 0.6 is 24.8 Å². The highest BCUT2D eigenvalue weighted by atomic mass is 35.5. The number of rotatable bonds is 1. The molecule has 1 fully saturated rings. The number of fused-ring (bicyclic) bond motifs is 1. The van der Waals surface area contributed by atoms with E-state index in [1.165, 1.54) is 0 Å². The van der Waals surface area contributed by atoms with E-state index in [1.54, 1.807) is 23.1 Å². The average molecular weight is 386 g/mol. The summed E-state index contributed by atoms with van der Waals surface area (Å²) in [6, 6.07) is 6.85. The summed E-state index contributed by atoms with van der Waals surface area (Å²) < 4.78 is 5.33. The third-order valence-electron chi connectivity index (χ3n) is 4.39. The Morgan fingerprint density at radius 1 is 1.32 bits per heavy atom. The van der Waals surface area contributed by atoms with Gasteiger partial charge < -0.3 is 15.0 Å². The molecular formula is C17H21Cl2N3O3. The zero-order valence-electron chi connectivity index (χ0n) is 13.9. The van der Waals surface area contributed by atoms with Gasteiger partial charge in [0.1, 0.15) is 0 Å². The second-order valence-electron chi connectivity index (χ2n) is 6.04. The molecule has 3 rings (SSSR count). The second kappa shape index (κ2) is 9.04. The predicted molar refractivity (Wildman–Crippen MR) is 99.4 cm³/mol. The number of halogens is 2. The summed E-state index contributed by atoms with van der Waals surface area (Å²) in [5.74, 6) is -0.211. The van der Waals surface area contributed by atoms with Crippen LogP contribution in [0, 0.1) is 17.2 Å². The van der Waals surface area contributed by atoms with Crippen molar-refractivity contribution in [2.24, 2.45) is 5.92 Å². The molecule has 136 valence electrons. The average Bonchev–Trinajstić information content (AvgIpc) is 2.68. The van der Waals surface area contributed by atoms with E-state index in [0.29, 0.717) is 43.0 Å². The van der Waals surface area contributed by atoms with E-state index in [0.717, 1.165) is 0 Å². The largest absolute Gasteiger partial charge is 0.381 e. The molecule has 2 heterocycles. The molecule has 2 aliphatic heterocycles. The van der Waals surface area contributed by atoms with Crippen LogP contribution in [-0.4, -0.2) is 31.1 Å². The highest BCUT2D eigenvalue weighted by molar-refractivity contribution is 6.05. The third kappa shape index (κ3) is 4.43. The number of nitrogens with one attached hydrogen (secondary N) is 1. The number of hydrogen-bond donors (Lipinski definition) is 1. The second-order valence-corrected chi connectivity index (χ2v) is 6.04. The minimum Gasteiger partial charge on any atom is -0.381 e. The van der Waals surface area contributed by atoms with Crippen molar-refractivity contribution in [2.45, 2.75) is 32.2 Å². The Labute approximate surface area is 159 Å². The lowest BCUT2D eigenvalue weighted by atomic mass is 9.97. The van der Waals surface area contributed by atoms with Gasteiger partial charge in [0, 0.05) is 31.6 Å². The van der Waals surface area contributed by atoms with Crippen LogP contribution in [0.4, 0.5) is 11.4 Å². The van der Waals surface area contributed by atoms with Crippen molar-refractivity contribution in [3.05, 3.63) is 23.8 Å². The first kappa shape index (κ1) is 21.2. The number of amides is 2. The van der Waals surface area contributed by atoms with Crippen LogP contribution in [-0.2, 0) is 14.3 Å². The monoisotopic (exact) mass is 385 g/mol. The molecule has 0 aromatic heterocycles. The maximum Gasteiger partial charge on any atom is 0.230 e. The maximum atomic E-state index is 13.0. The first-order valence-electron chi connectivity index (χ1n) is 7.85. The molecule has 8 heteroatoms. The minimum absolute atomic E-state index is 0. The van der Waals surface area contributed by atoms with Gasteiger partial charge in [-0.1, -0.05) is 0 Å². The highest BCUT2D eigenvalue weighted by Crippen LogP contribution is 2.34. The molecule has 0 spiro atoms. The van der Waals surface area contributed by atoms with Gasteiger partial charge in [0.2, 0.25) is 11.8 Å². The molecule has 0 aliphatic carbocycles. The SMILES string of the molecule is CC1CC(=O)Nc2ccc(C#N)cc2N1C(=O)C1CCOCC1.Cl.Cl. The molecule has 0 bridgehead atoms. The van der Waals surface area contributed by atoms with Crippen molar-refractivity contribution in [2.75, 3.05) is 23.4 Å². The zero-order chi connectivity index (χ0) is 16.4. The Kier molecular flexibility index (Phi) is 7.68. The maximum absolute atomic E-state index is 13.0. The van der Waals surface area contributed by atoms with Gasteiger partial charge in [-0.05, 0) is 38.0 Å². The summed E-state index contributed by atoms with van der Waals surface area (Å²) in [5, 5.41) is 12.0. The molecule has 1 atom stereocenters. The summed E-state index contributed by atoms with van der Waals surface area (Å²) in [6.45, 7) is 3.03. The van der Waals surface area contributed by atoms with Crippen LogP contribution in [0.5, 0.6) is 0 Å². The zero-order valence-corrected chi connectivity index (χ0v) is 15.5. The van der Waals surface area contributed by atoms with Crippen molar-refractivity contribution in [1.29, 1.82) is 5.26 Å². The van der Waals surface area contributed by atoms with Crippen molar-refractivity contribution in [3.63, 3.8) is 0 Å². The summed E-state index contributed by atoms with van der Waals surface area (Å²) in [6.07, 6.45) is 1.62. The molecule has 2 amide bonds. The lowest BCUT2D eigenvalue weighted by Gasteiger charge is -2.33. The standard InChI is InChI=1S/C17H19N3O3.2ClH/c1-11-8-16(21)19-14-3-2-12(10-18)9-15(14)20(11)17(22)13-4-6-23-7-5-13;;/h2-3,9,11,13H,4-8H2,1H3,(H,19,21);2*1H. The Balaban J connectivity index is 0.00000156. The van der Waals surface area contributed by atoms with Gasteiger partial charge in [0.05, 0.1) is 23.0 Å². The number of benzene rings is 1. The van der Waals surface area contributed by atoms with E-state index >= 15 is 0 Å². The van der Waals surface area contributed by atoms with Gasteiger partial charge >= 0.3 is 0 Å². The van der Waals surface area contributed by atoms with Crippen LogP contribution in [0.1, 0.15) is 31.7 Å². The van der Waals surface area contributed by atoms with Crippen LogP contribution in [0.2, 0.25) is 0 Å². The molecule has 2 aliphatic rings. The molecule has 0 radical (unpaired) electrons. The van der Waals surface area contributed by atoms with Crippen LogP contribution in [0.25, 0.3) is 0 Å². The van der Waals surface area contributed by atoms with Gasteiger partial charge in [-0.15, -0.1) is 24.8 Å². The Morgan fingerprint density at radius 3 is 2.64 bits per heavy atom. The molecule has 1 aromatic rings. The molecular weight excluding hydrogens is 365 g/mol. The lowest BCUT2D eigenvalue weighted by molar-refractivity contribution is -0.125. The topological polar surface area (TPSA) is 82.4 Å². The smallest absolute Gasteiger partial charge is 0.230 e. The van der Waals surface area contributed by atoms with Crippen molar-refractivity contribution in [3.8, 4) is 6.07 Å². The highest BCUT2D eigenvalue weighted by Gasteiger charge is 2.34. The number of carbonyl (C=O) groups excluding carboxylic acids is 2. The Hall–Kier alpha value is -1.81. The quantitative estimate of drug-likeness (QED) is 0.805. The summed E-state index contributed by atoms with van der Waals surface area (Å²) in [4.78, 5) is 26.7. The van der Waals surface area contributed by atoms with E-state index in [9.17, 15) is 9.59 Å². The molecule has 1 N–H and O–H groups in total. The fourth-order valence-corrected chi connectivity index (χ4v) is 3.18. The van der Waals surface area contributed by atoms with Crippen LogP contribution in [0.3, 0.4) is 0 Å². The number of anilines is 2. The number of nitriles is 1. The third-order valence-corrected chi connectivity index (χ3v) is 4.39. The predicted octanol–water partition coefficient (Wildman–Crippen LogP) is 2.89. The van der Waals surface area contributed by atoms with Crippen molar-refractivity contribution in [1.82, 2.24) is 0 Å². The van der Waals surface area contributed by atoms with Gasteiger partial charge in [0.15, 0.2) is 0 Å². The molecule has 6 nitrogen and oxygen atoms in total. The van der Waals surface area contributed by atoms with Crippen molar-refractivity contribution >= 4 is 48.0 Å². The fraction of sp³-hybridized carbons (Fsp3) is 0.471. The van der Waals surface area contributed by atoms with E-state index in [1.807, 2.05) is 6.92 Å². The Bertz CT molecular complexity index is 684. The summed E-state index contributed by atoms with van der Waals surface area (Å²) in [5.41, 5.74) is 1.66. The van der Waals surface area contributed by atoms with Gasteiger partial charge in [-0.25, -0.2) is 0 Å². The summed E-state index contributed by atoms with van der Waals surface area (Å²) >= 11 is 0.